The number of rotatable bonds is 7. The van der Waals surface area contributed by atoms with E-state index in [1.165, 1.54) is 38.9 Å². The number of para-hydroxylation sites is 3. The number of nitrogens with one attached hydrogen (secondary N) is 1. The van der Waals surface area contributed by atoms with Crippen molar-refractivity contribution in [3.05, 3.63) is 309 Å². The van der Waals surface area contributed by atoms with Gasteiger partial charge in [0.15, 0.2) is 0 Å². The van der Waals surface area contributed by atoms with Gasteiger partial charge in [0.2, 0.25) is 0 Å². The Bertz CT molecular complexity index is 3140. The average molecular weight is 838 g/mol. The van der Waals surface area contributed by atoms with E-state index in [1.807, 2.05) is 0 Å². The maximum Gasteiger partial charge on any atom is 0.137 e. The summed E-state index contributed by atoms with van der Waals surface area (Å²) in [5, 5.41) is 4.12. The molecule has 0 bridgehead atoms. The molecule has 0 saturated heterocycles. The summed E-state index contributed by atoms with van der Waals surface area (Å²) >= 11 is 0. The van der Waals surface area contributed by atoms with Crippen LogP contribution in [-0.2, 0) is 10.8 Å². The van der Waals surface area contributed by atoms with Gasteiger partial charge in [0.1, 0.15) is 23.0 Å². The quantitative estimate of drug-likeness (QED) is 0.173. The summed E-state index contributed by atoms with van der Waals surface area (Å²) in [6.07, 6.45) is 10.1. The Labute approximate surface area is 381 Å². The van der Waals surface area contributed by atoms with Crippen LogP contribution in [0.25, 0.3) is 5.57 Å². The van der Waals surface area contributed by atoms with Crippen molar-refractivity contribution >= 4 is 5.57 Å². The van der Waals surface area contributed by atoms with Crippen molar-refractivity contribution in [2.45, 2.75) is 30.2 Å². The lowest BCUT2D eigenvalue weighted by Gasteiger charge is -2.48. The van der Waals surface area contributed by atoms with Crippen LogP contribution in [0.1, 0.15) is 68.1 Å². The Morgan fingerprint density at radius 3 is 1.69 bits per heavy atom. The predicted octanol–water partition coefficient (Wildman–Crippen LogP) is 14.4. The monoisotopic (exact) mass is 837 g/mol. The number of dihydropyridines is 1. The molecule has 0 aromatic heterocycles. The average Bonchev–Trinajstić information content (AvgIpc) is 3.38. The fourth-order valence-electron chi connectivity index (χ4n) is 11.4. The van der Waals surface area contributed by atoms with Gasteiger partial charge in [-0.3, -0.25) is 0 Å². The van der Waals surface area contributed by atoms with Crippen LogP contribution >= 0.6 is 0 Å². The molecule has 0 saturated carbocycles. The highest BCUT2D eigenvalue weighted by Gasteiger charge is 2.52. The molecule has 65 heavy (non-hydrogen) atoms. The molecule has 3 heteroatoms. The molecule has 1 aliphatic carbocycles. The Hall–Kier alpha value is -7.88. The Morgan fingerprint density at radius 2 is 1.05 bits per heavy atom. The SMILES string of the molecule is Cc1ccccc1C1=CC(c2cccc3c2Oc2ccccc2C3(c2ccccc2)c2ccccc2)NC(C2=C3Oc4ccccc4C(c4ccccc4)(c4ccccc4)C3CC=C2)=C1. The lowest BCUT2D eigenvalue weighted by atomic mass is 9.58. The zero-order chi connectivity index (χ0) is 43.4. The van der Waals surface area contributed by atoms with Gasteiger partial charge in [-0.15, -0.1) is 0 Å². The van der Waals surface area contributed by atoms with Crippen molar-refractivity contribution in [2.24, 2.45) is 5.92 Å². The van der Waals surface area contributed by atoms with Gasteiger partial charge in [-0.1, -0.05) is 212 Å². The molecule has 3 heterocycles. The molecule has 1 N–H and O–H groups in total. The van der Waals surface area contributed by atoms with Gasteiger partial charge in [-0.05, 0) is 76.6 Å². The molecule has 3 aliphatic heterocycles. The van der Waals surface area contributed by atoms with Gasteiger partial charge in [0.05, 0.1) is 16.9 Å². The topological polar surface area (TPSA) is 30.5 Å². The molecule has 0 amide bonds. The molecule has 0 radical (unpaired) electrons. The maximum absolute atomic E-state index is 7.26. The van der Waals surface area contributed by atoms with Gasteiger partial charge in [-0.25, -0.2) is 0 Å². The molecule has 312 valence electrons. The lowest BCUT2D eigenvalue weighted by molar-refractivity contribution is 0.246. The molecule has 0 spiro atoms. The van der Waals surface area contributed by atoms with Crippen molar-refractivity contribution in [2.75, 3.05) is 0 Å². The number of hydrogen-bond donors (Lipinski definition) is 1. The minimum absolute atomic E-state index is 0.0298. The first-order valence-electron chi connectivity index (χ1n) is 22.7. The zero-order valence-electron chi connectivity index (χ0n) is 36.2. The van der Waals surface area contributed by atoms with Crippen molar-refractivity contribution in [3.63, 3.8) is 0 Å². The molecule has 8 aromatic rings. The van der Waals surface area contributed by atoms with Crippen LogP contribution in [0.3, 0.4) is 0 Å². The minimum Gasteiger partial charge on any atom is -0.460 e. The van der Waals surface area contributed by atoms with Gasteiger partial charge < -0.3 is 14.8 Å². The number of aryl methyl sites for hydroxylation is 1. The van der Waals surface area contributed by atoms with Gasteiger partial charge in [-0.2, -0.15) is 0 Å². The largest absolute Gasteiger partial charge is 0.460 e. The first kappa shape index (κ1) is 38.8. The molecule has 2 unspecified atom stereocenters. The number of fused-ring (bicyclic) bond motifs is 4. The normalized spacial score (nSPS) is 18.5. The summed E-state index contributed by atoms with van der Waals surface area (Å²) in [6, 6.07) is 76.2. The lowest BCUT2D eigenvalue weighted by Crippen LogP contribution is -2.44. The van der Waals surface area contributed by atoms with Gasteiger partial charge in [0.25, 0.3) is 0 Å². The minimum atomic E-state index is -0.635. The second-order valence-corrected chi connectivity index (χ2v) is 17.5. The van der Waals surface area contributed by atoms with Crippen molar-refractivity contribution < 1.29 is 9.47 Å². The second-order valence-electron chi connectivity index (χ2n) is 17.5. The van der Waals surface area contributed by atoms with Crippen LogP contribution in [0, 0.1) is 12.8 Å². The third-order valence-corrected chi connectivity index (χ3v) is 14.2. The summed E-state index contributed by atoms with van der Waals surface area (Å²) in [6.45, 7) is 2.20. The Kier molecular flexibility index (Phi) is 9.38. The fourth-order valence-corrected chi connectivity index (χ4v) is 11.4. The van der Waals surface area contributed by atoms with Crippen molar-refractivity contribution in [1.29, 1.82) is 0 Å². The molecular formula is C62H47NO2. The summed E-state index contributed by atoms with van der Waals surface area (Å²) < 4.78 is 14.5. The summed E-state index contributed by atoms with van der Waals surface area (Å²) in [7, 11) is 0. The third-order valence-electron chi connectivity index (χ3n) is 14.2. The summed E-state index contributed by atoms with van der Waals surface area (Å²) in [5.41, 5.74) is 13.8. The summed E-state index contributed by atoms with van der Waals surface area (Å²) in [4.78, 5) is 0. The number of ether oxygens (including phenoxy) is 2. The van der Waals surface area contributed by atoms with Crippen LogP contribution in [0.15, 0.2) is 254 Å². The molecule has 8 aromatic carbocycles. The molecular weight excluding hydrogens is 791 g/mol. The first-order chi connectivity index (χ1) is 32.2. The third kappa shape index (κ3) is 6.03. The van der Waals surface area contributed by atoms with Gasteiger partial charge in [0, 0.05) is 39.4 Å². The molecule has 4 aliphatic rings. The van der Waals surface area contributed by atoms with E-state index < -0.39 is 10.8 Å². The van der Waals surface area contributed by atoms with E-state index in [9.17, 15) is 0 Å². The van der Waals surface area contributed by atoms with Crippen LogP contribution in [-0.4, -0.2) is 0 Å². The zero-order valence-corrected chi connectivity index (χ0v) is 36.2. The molecule has 0 fully saturated rings. The summed E-state index contributed by atoms with van der Waals surface area (Å²) in [5.74, 6) is 3.53. The highest BCUT2D eigenvalue weighted by atomic mass is 16.5. The van der Waals surface area contributed by atoms with E-state index in [0.29, 0.717) is 0 Å². The van der Waals surface area contributed by atoms with E-state index in [4.69, 9.17) is 9.47 Å². The van der Waals surface area contributed by atoms with E-state index in [0.717, 1.165) is 63.0 Å². The standard InChI is InChI=1S/C62H47NO2/c1-42-22-14-15-31-48(42)43-40-55(49-32-20-36-53-59(49)64-57-38-18-16-34-51(57)61(53,44-23-6-2-7-24-44)45-25-8-3-9-26-45)63-56(41-43)50-33-21-37-54-60(50)65-58-39-19-17-35-52(58)62(54,46-27-10-4-11-28-46)47-29-12-5-13-30-47/h2-36,38-41,54-55,63H,37H2,1H3. The molecule has 3 nitrogen and oxygen atoms in total. The smallest absolute Gasteiger partial charge is 0.137 e. The predicted molar refractivity (Wildman–Crippen MR) is 262 cm³/mol. The van der Waals surface area contributed by atoms with E-state index in [1.54, 1.807) is 0 Å². The van der Waals surface area contributed by atoms with Gasteiger partial charge >= 0.3 is 0 Å². The Balaban J connectivity index is 1.08. The fraction of sp³-hybridized carbons (Fsp3) is 0.0968. The van der Waals surface area contributed by atoms with Crippen molar-refractivity contribution in [1.82, 2.24) is 5.32 Å². The van der Waals surface area contributed by atoms with Crippen molar-refractivity contribution in [3.8, 4) is 17.2 Å². The van der Waals surface area contributed by atoms with Crippen LogP contribution in [0.2, 0.25) is 0 Å². The van der Waals surface area contributed by atoms with Crippen LogP contribution in [0.4, 0.5) is 0 Å². The Morgan fingerprint density at radius 1 is 0.508 bits per heavy atom. The molecule has 2 atom stereocenters. The maximum atomic E-state index is 7.26. The first-order valence-corrected chi connectivity index (χ1v) is 22.7. The second kappa shape index (κ2) is 15.7. The molecule has 12 rings (SSSR count). The van der Waals surface area contributed by atoms with E-state index in [2.05, 4.69) is 249 Å². The number of allylic oxidation sites excluding steroid dienone is 5. The van der Waals surface area contributed by atoms with Crippen LogP contribution < -0.4 is 14.8 Å². The highest BCUT2D eigenvalue weighted by molar-refractivity contribution is 5.81. The van der Waals surface area contributed by atoms with E-state index >= 15 is 0 Å². The highest BCUT2D eigenvalue weighted by Crippen LogP contribution is 2.59. The number of benzene rings is 8. The van der Waals surface area contributed by atoms with E-state index in [-0.39, 0.29) is 12.0 Å². The number of hydrogen-bond acceptors (Lipinski definition) is 3. The van der Waals surface area contributed by atoms with Crippen LogP contribution in [0.5, 0.6) is 17.2 Å².